The van der Waals surface area contributed by atoms with Crippen LogP contribution in [-0.2, 0) is 34.6 Å². The molecule has 1 aromatic heterocycles. The number of nitrogens with one attached hydrogen (secondary N) is 2. The molecule has 58 heavy (non-hydrogen) atoms. The Bertz CT molecular complexity index is 2270. The molecule has 7 rings (SSSR count). The van der Waals surface area contributed by atoms with Crippen LogP contribution in [-0.4, -0.2) is 70.4 Å². The summed E-state index contributed by atoms with van der Waals surface area (Å²) in [5, 5.41) is 23.5. The minimum Gasteiger partial charge on any atom is -0.497 e. The second kappa shape index (κ2) is 16.4. The predicted octanol–water partition coefficient (Wildman–Crippen LogP) is 6.57. The zero-order chi connectivity index (χ0) is 41.2. The van der Waals surface area contributed by atoms with Gasteiger partial charge in [0, 0.05) is 65.7 Å². The fraction of sp³-hybridized carbons (Fsp3) is 0.341. The van der Waals surface area contributed by atoms with Crippen molar-refractivity contribution in [2.45, 2.75) is 64.1 Å². The fourth-order valence-electron chi connectivity index (χ4n) is 8.26. The summed E-state index contributed by atoms with van der Waals surface area (Å²) in [6.45, 7) is 5.33. The van der Waals surface area contributed by atoms with Gasteiger partial charge >= 0.3 is 0 Å². The summed E-state index contributed by atoms with van der Waals surface area (Å²) in [6.07, 6.45) is 1.75. The van der Waals surface area contributed by atoms with Crippen LogP contribution in [0.25, 0.3) is 0 Å². The minimum atomic E-state index is -1.74. The molecule has 0 bridgehead atoms. The zero-order valence-electron chi connectivity index (χ0n) is 33.1. The van der Waals surface area contributed by atoms with Crippen molar-refractivity contribution in [2.75, 3.05) is 36.4 Å². The van der Waals surface area contributed by atoms with E-state index in [1.54, 1.807) is 109 Å². The number of alkyl halides is 1. The van der Waals surface area contributed by atoms with E-state index in [0.29, 0.717) is 70.3 Å². The summed E-state index contributed by atoms with van der Waals surface area (Å²) in [6, 6.07) is 26.0. The molecule has 4 aromatic carbocycles. The van der Waals surface area contributed by atoms with Gasteiger partial charge in [-0.1, -0.05) is 24.3 Å². The van der Waals surface area contributed by atoms with Crippen molar-refractivity contribution in [2.24, 2.45) is 11.8 Å². The number of aliphatic hydroxyl groups is 1. The summed E-state index contributed by atoms with van der Waals surface area (Å²) in [5.74, 6) is -1.04. The lowest BCUT2D eigenvalue weighted by atomic mass is 9.71. The van der Waals surface area contributed by atoms with Crippen LogP contribution in [0, 0.1) is 11.8 Å². The van der Waals surface area contributed by atoms with E-state index in [4.69, 9.17) is 14.2 Å². The van der Waals surface area contributed by atoms with Crippen molar-refractivity contribution in [3.8, 4) is 11.5 Å². The molecule has 0 radical (unpaired) electrons. The van der Waals surface area contributed by atoms with Crippen LogP contribution < -0.4 is 25.0 Å². The molecule has 2 aliphatic heterocycles. The van der Waals surface area contributed by atoms with Gasteiger partial charge < -0.3 is 34.9 Å². The number of anilines is 3. The van der Waals surface area contributed by atoms with Gasteiger partial charge in [-0.05, 0) is 105 Å². The Hall–Kier alpha value is -6.12. The first-order valence-electron chi connectivity index (χ1n) is 19.2. The van der Waals surface area contributed by atoms with Gasteiger partial charge in [0.1, 0.15) is 17.2 Å². The Balaban J connectivity index is 1.19. The quantitative estimate of drug-likeness (QED) is 0.113. The molecule has 1 fully saturated rings. The number of halogens is 1. The molecule has 14 heteroatoms. The topological polar surface area (TPSA) is 157 Å². The van der Waals surface area contributed by atoms with Crippen molar-refractivity contribution < 1.29 is 38.1 Å². The summed E-state index contributed by atoms with van der Waals surface area (Å²) in [4.78, 5) is 43.0. The first-order valence-corrected chi connectivity index (χ1v) is 19.2. The van der Waals surface area contributed by atoms with E-state index >= 15 is 9.18 Å². The number of carbonyl (C=O) groups excluding carboxylic acids is 3. The predicted molar refractivity (Wildman–Crippen MR) is 216 cm³/mol. The Morgan fingerprint density at radius 2 is 1.48 bits per heavy atom. The van der Waals surface area contributed by atoms with Gasteiger partial charge in [-0.2, -0.15) is 0 Å². The molecule has 1 saturated heterocycles. The number of aromatic nitrogens is 3. The highest BCUT2D eigenvalue weighted by atomic mass is 19.1. The number of hydrogen-bond acceptors (Lipinski definition) is 9. The molecule has 13 nitrogen and oxygen atoms in total. The van der Waals surface area contributed by atoms with Gasteiger partial charge in [0.25, 0.3) is 17.7 Å². The third kappa shape index (κ3) is 7.89. The van der Waals surface area contributed by atoms with Crippen LogP contribution in [0.5, 0.6) is 11.5 Å². The van der Waals surface area contributed by atoms with Crippen LogP contribution in [0.15, 0.2) is 97.2 Å². The maximum Gasteiger partial charge on any atom is 0.264 e. The monoisotopic (exact) mass is 790 g/mol. The lowest BCUT2D eigenvalue weighted by Gasteiger charge is -2.32. The molecular weight excluding hydrogens is 744 g/mol. The number of benzene rings is 4. The molecule has 0 unspecified atom stereocenters. The fourth-order valence-corrected chi connectivity index (χ4v) is 8.26. The number of rotatable bonds is 14. The molecule has 3 heterocycles. The Kier molecular flexibility index (Phi) is 11.3. The number of methoxy groups -OCH3 is 2. The van der Waals surface area contributed by atoms with E-state index in [0.717, 1.165) is 5.56 Å². The first-order chi connectivity index (χ1) is 27.8. The van der Waals surface area contributed by atoms with Gasteiger partial charge in [0.05, 0.1) is 38.2 Å². The van der Waals surface area contributed by atoms with Crippen LogP contribution in [0.1, 0.15) is 64.7 Å². The van der Waals surface area contributed by atoms with E-state index in [-0.39, 0.29) is 30.9 Å². The third-order valence-corrected chi connectivity index (χ3v) is 11.1. The molecule has 3 amide bonds. The van der Waals surface area contributed by atoms with E-state index in [1.165, 1.54) is 13.8 Å². The Labute approximate surface area is 336 Å². The average Bonchev–Trinajstić information content (AvgIpc) is 3.87. The van der Waals surface area contributed by atoms with Crippen molar-refractivity contribution >= 4 is 34.8 Å². The summed E-state index contributed by atoms with van der Waals surface area (Å²) < 4.78 is 35.4. The average molecular weight is 791 g/mol. The maximum atomic E-state index is 16.4. The molecular formula is C44H47FN6O7. The molecule has 302 valence electrons. The standard InChI is InChI=1S/C44H47FN6O7/c1-27-39(43(2,3)45)38(20-22-50-26-33(21-23-52)48-49-50)58-44(27)36-24-32(47-41(54)30-10-17-35(57-5)18-11-30)14-19-37(36)51(42(44)55)25-28-6-12-31(13-7-28)46-40(53)29-8-15-34(56-4)16-9-29/h6-19,24,26-27,38-39,52H,20-23,25H2,1-5H3,(H,46,53)(H,47,54)/t27-,38+,39-,44+/m0/s1. The number of nitrogens with zero attached hydrogens (tertiary/aromatic N) is 4. The summed E-state index contributed by atoms with van der Waals surface area (Å²) in [7, 11) is 3.11. The molecule has 0 saturated carbocycles. The van der Waals surface area contributed by atoms with Gasteiger partial charge in [0.15, 0.2) is 5.60 Å². The van der Waals surface area contributed by atoms with E-state index < -0.39 is 29.2 Å². The number of aliphatic hydroxyl groups excluding tert-OH is 1. The molecule has 0 aliphatic carbocycles. The second-order valence-electron chi connectivity index (χ2n) is 15.2. The molecule has 3 N–H and O–H groups in total. The Morgan fingerprint density at radius 3 is 2.05 bits per heavy atom. The van der Waals surface area contributed by atoms with Crippen molar-refractivity contribution in [3.63, 3.8) is 0 Å². The smallest absolute Gasteiger partial charge is 0.264 e. The van der Waals surface area contributed by atoms with Crippen molar-refractivity contribution in [1.82, 2.24) is 15.0 Å². The normalized spacial score (nSPS) is 19.9. The number of carbonyl (C=O) groups is 3. The van der Waals surface area contributed by atoms with Crippen LogP contribution >= 0.6 is 0 Å². The Morgan fingerprint density at radius 1 is 0.897 bits per heavy atom. The highest BCUT2D eigenvalue weighted by Crippen LogP contribution is 2.59. The van der Waals surface area contributed by atoms with Gasteiger partial charge in [0.2, 0.25) is 0 Å². The highest BCUT2D eigenvalue weighted by molar-refractivity contribution is 6.09. The molecule has 1 spiro atoms. The summed E-state index contributed by atoms with van der Waals surface area (Å²) in [5.41, 5.74) is 1.12. The minimum absolute atomic E-state index is 0.0611. The van der Waals surface area contributed by atoms with Gasteiger partial charge in [-0.25, -0.2) is 4.39 Å². The van der Waals surface area contributed by atoms with Crippen molar-refractivity contribution in [1.29, 1.82) is 0 Å². The molecule has 5 aromatic rings. The highest BCUT2D eigenvalue weighted by Gasteiger charge is 2.66. The number of ether oxygens (including phenoxy) is 3. The first kappa shape index (κ1) is 40.1. The van der Waals surface area contributed by atoms with Crippen LogP contribution in [0.4, 0.5) is 21.5 Å². The number of amides is 3. The van der Waals surface area contributed by atoms with Gasteiger partial charge in [-0.3, -0.25) is 19.1 Å². The van der Waals surface area contributed by atoms with E-state index in [2.05, 4.69) is 20.9 Å². The van der Waals surface area contributed by atoms with E-state index in [1.807, 2.05) is 19.1 Å². The number of hydrogen-bond donors (Lipinski definition) is 3. The summed E-state index contributed by atoms with van der Waals surface area (Å²) >= 11 is 0. The lowest BCUT2D eigenvalue weighted by molar-refractivity contribution is -0.146. The SMILES string of the molecule is COc1ccc(C(=O)Nc2ccc(CN3C(=O)[C@]4(O[C@H](CCn5cc(CCO)nn5)[C@@H](C(C)(C)F)[C@@H]4C)c4cc(NC(=O)c5ccc(OC)cc5)ccc43)cc2)cc1. The molecule has 4 atom stereocenters. The zero-order valence-corrected chi connectivity index (χ0v) is 33.1. The third-order valence-electron chi connectivity index (χ3n) is 11.1. The second-order valence-corrected chi connectivity index (χ2v) is 15.2. The van der Waals surface area contributed by atoms with Gasteiger partial charge in [-0.15, -0.1) is 5.10 Å². The number of aryl methyl sites for hydroxylation is 1. The van der Waals surface area contributed by atoms with E-state index in [9.17, 15) is 14.7 Å². The van der Waals surface area contributed by atoms with Crippen LogP contribution in [0.3, 0.4) is 0 Å². The lowest BCUT2D eigenvalue weighted by Crippen LogP contribution is -2.45. The van der Waals surface area contributed by atoms with Crippen molar-refractivity contribution in [3.05, 3.63) is 125 Å². The number of fused-ring (bicyclic) bond motifs is 2. The maximum absolute atomic E-state index is 16.4. The molecule has 2 aliphatic rings. The van der Waals surface area contributed by atoms with Crippen LogP contribution in [0.2, 0.25) is 0 Å². The largest absolute Gasteiger partial charge is 0.497 e.